The molecule has 0 aliphatic carbocycles. The Labute approximate surface area is 220 Å². The van der Waals surface area contributed by atoms with E-state index in [1.165, 1.54) is 4.57 Å². The molecule has 0 saturated heterocycles. The molecule has 198 valence electrons. The molecule has 0 aliphatic rings. The van der Waals surface area contributed by atoms with Crippen LogP contribution in [0, 0.1) is 13.8 Å². The number of carbonyl (C=O) groups is 2. The molecule has 3 rings (SSSR count). The number of para-hydroxylation sites is 1. The van der Waals surface area contributed by atoms with Crippen molar-refractivity contribution in [3.63, 3.8) is 0 Å². The van der Waals surface area contributed by atoms with Crippen molar-refractivity contribution in [2.75, 3.05) is 32.8 Å². The fourth-order valence-electron chi connectivity index (χ4n) is 4.48. The van der Waals surface area contributed by atoms with Crippen molar-refractivity contribution in [2.45, 2.75) is 41.2 Å². The number of nitrogens with zero attached hydrogens (tertiary/aromatic N) is 3. The second-order valence-electron chi connectivity index (χ2n) is 8.65. The summed E-state index contributed by atoms with van der Waals surface area (Å²) in [6.07, 6.45) is 0. The zero-order valence-electron chi connectivity index (χ0n) is 21.9. The maximum atomic E-state index is 13.8. The number of amides is 1. The summed E-state index contributed by atoms with van der Waals surface area (Å²) in [4.78, 5) is 55.3. The number of benzene rings is 2. The summed E-state index contributed by atoms with van der Waals surface area (Å²) in [5.41, 5.74) is 0.283. The molecular weight excluding hydrogens is 496 g/mol. The number of rotatable bonds is 10. The van der Waals surface area contributed by atoms with Gasteiger partial charge < -0.3 is 15.0 Å². The van der Waals surface area contributed by atoms with Crippen molar-refractivity contribution in [2.24, 2.45) is 0 Å². The number of fused-ring (bicyclic) bond motifs is 1. The van der Waals surface area contributed by atoms with Gasteiger partial charge in [0.2, 0.25) is 5.91 Å². The second-order valence-corrected chi connectivity index (χ2v) is 9.05. The summed E-state index contributed by atoms with van der Waals surface area (Å²) >= 11 is 6.36. The summed E-state index contributed by atoms with van der Waals surface area (Å²) in [6, 6.07) is 8.06. The van der Waals surface area contributed by atoms with Crippen LogP contribution in [-0.2, 0) is 16.1 Å². The molecule has 1 amide bonds. The number of ether oxygens (including phenoxy) is 1. The van der Waals surface area contributed by atoms with Crippen LogP contribution in [0.15, 0.2) is 39.9 Å². The van der Waals surface area contributed by atoms with E-state index in [1.807, 2.05) is 13.8 Å². The topological polar surface area (TPSA) is 103 Å². The number of esters is 1. The van der Waals surface area contributed by atoms with E-state index in [-0.39, 0.29) is 46.2 Å². The predicted molar refractivity (Wildman–Crippen MR) is 145 cm³/mol. The van der Waals surface area contributed by atoms with Crippen LogP contribution < -0.4 is 16.6 Å². The Morgan fingerprint density at radius 1 is 1.08 bits per heavy atom. The molecule has 1 N–H and O–H groups in total. The average molecular weight is 529 g/mol. The van der Waals surface area contributed by atoms with Gasteiger partial charge in [-0.15, -0.1) is 0 Å². The third-order valence-corrected chi connectivity index (χ3v) is 6.72. The molecule has 0 saturated carbocycles. The Hall–Kier alpha value is -3.43. The molecule has 0 spiro atoms. The van der Waals surface area contributed by atoms with Crippen LogP contribution >= 0.6 is 11.6 Å². The summed E-state index contributed by atoms with van der Waals surface area (Å²) in [5, 5.41) is 3.20. The lowest BCUT2D eigenvalue weighted by Gasteiger charge is -2.20. The SMILES string of the molecule is CCOC(=O)c1c(C)cc2c(c1C)c(=O)n(-c1ccccc1Cl)c(=O)n2CC(=O)NCCN(CC)CC. The van der Waals surface area contributed by atoms with Crippen molar-refractivity contribution < 1.29 is 14.3 Å². The van der Waals surface area contributed by atoms with E-state index in [1.54, 1.807) is 51.1 Å². The standard InChI is InChI=1S/C27H33ClN4O5/c1-6-30(7-2)14-13-29-22(33)16-31-21-15-17(4)23(26(35)37-8-3)18(5)24(21)25(34)32(27(31)36)20-12-10-9-11-19(20)28/h9-12,15H,6-8,13-14,16H2,1-5H3,(H,29,33). The zero-order chi connectivity index (χ0) is 27.3. The Balaban J connectivity index is 2.23. The molecule has 9 nitrogen and oxygen atoms in total. The first-order chi connectivity index (χ1) is 17.7. The van der Waals surface area contributed by atoms with E-state index in [2.05, 4.69) is 10.2 Å². The number of likely N-dealkylation sites (N-methyl/N-ethyl adjacent to an activating group) is 1. The van der Waals surface area contributed by atoms with E-state index >= 15 is 0 Å². The van der Waals surface area contributed by atoms with Crippen LogP contribution in [0.25, 0.3) is 16.6 Å². The number of aryl methyl sites for hydroxylation is 2. The molecule has 3 aromatic rings. The van der Waals surface area contributed by atoms with Gasteiger partial charge in [0.05, 0.1) is 33.8 Å². The first-order valence-electron chi connectivity index (χ1n) is 12.4. The predicted octanol–water partition coefficient (Wildman–Crippen LogP) is 3.06. The third kappa shape index (κ3) is 5.78. The minimum absolute atomic E-state index is 0.143. The minimum Gasteiger partial charge on any atom is -0.462 e. The normalized spacial score (nSPS) is 11.2. The Morgan fingerprint density at radius 2 is 1.76 bits per heavy atom. The first-order valence-corrected chi connectivity index (χ1v) is 12.7. The van der Waals surface area contributed by atoms with Gasteiger partial charge in [-0.25, -0.2) is 14.2 Å². The molecule has 1 aromatic heterocycles. The Morgan fingerprint density at radius 3 is 2.38 bits per heavy atom. The van der Waals surface area contributed by atoms with Gasteiger partial charge in [0.15, 0.2) is 0 Å². The molecule has 0 unspecified atom stereocenters. The lowest BCUT2D eigenvalue weighted by molar-refractivity contribution is -0.121. The fraction of sp³-hybridized carbons (Fsp3) is 0.407. The van der Waals surface area contributed by atoms with Crippen LogP contribution in [0.3, 0.4) is 0 Å². The largest absolute Gasteiger partial charge is 0.462 e. The zero-order valence-corrected chi connectivity index (χ0v) is 22.6. The molecule has 0 aliphatic heterocycles. The maximum absolute atomic E-state index is 13.8. The highest BCUT2D eigenvalue weighted by Gasteiger charge is 2.24. The van der Waals surface area contributed by atoms with Gasteiger partial charge in [0.1, 0.15) is 6.54 Å². The molecule has 2 aromatic carbocycles. The summed E-state index contributed by atoms with van der Waals surface area (Å²) in [6.45, 7) is 11.8. The maximum Gasteiger partial charge on any atom is 0.338 e. The van der Waals surface area contributed by atoms with Crippen LogP contribution in [-0.4, -0.2) is 58.7 Å². The monoisotopic (exact) mass is 528 g/mol. The van der Waals surface area contributed by atoms with Crippen molar-refractivity contribution in [1.82, 2.24) is 19.4 Å². The van der Waals surface area contributed by atoms with Gasteiger partial charge in [-0.1, -0.05) is 37.6 Å². The van der Waals surface area contributed by atoms with Gasteiger partial charge >= 0.3 is 11.7 Å². The van der Waals surface area contributed by atoms with Gasteiger partial charge in [-0.2, -0.15) is 0 Å². The second kappa shape index (κ2) is 12.2. The summed E-state index contributed by atoms with van der Waals surface area (Å²) < 4.78 is 7.41. The highest BCUT2D eigenvalue weighted by Crippen LogP contribution is 2.25. The van der Waals surface area contributed by atoms with Crippen molar-refractivity contribution in [3.8, 4) is 5.69 Å². The quantitative estimate of drug-likeness (QED) is 0.406. The fourth-order valence-corrected chi connectivity index (χ4v) is 4.70. The van der Waals surface area contributed by atoms with Crippen molar-refractivity contribution in [1.29, 1.82) is 0 Å². The summed E-state index contributed by atoms with van der Waals surface area (Å²) in [5.74, 6) is -0.931. The van der Waals surface area contributed by atoms with Gasteiger partial charge in [0, 0.05) is 13.1 Å². The number of carbonyl (C=O) groups excluding carboxylic acids is 2. The summed E-state index contributed by atoms with van der Waals surface area (Å²) in [7, 11) is 0. The van der Waals surface area contributed by atoms with Gasteiger partial charge in [-0.3, -0.25) is 14.2 Å². The number of nitrogens with one attached hydrogen (secondary N) is 1. The lowest BCUT2D eigenvalue weighted by atomic mass is 9.98. The van der Waals surface area contributed by atoms with E-state index in [4.69, 9.17) is 16.3 Å². The molecular formula is C27H33ClN4O5. The van der Waals surface area contributed by atoms with Crippen LogP contribution in [0.2, 0.25) is 5.02 Å². The molecule has 1 heterocycles. The molecule has 0 atom stereocenters. The van der Waals surface area contributed by atoms with E-state index in [0.717, 1.165) is 17.7 Å². The van der Waals surface area contributed by atoms with E-state index in [0.29, 0.717) is 24.2 Å². The third-order valence-electron chi connectivity index (χ3n) is 6.40. The smallest absolute Gasteiger partial charge is 0.338 e. The van der Waals surface area contributed by atoms with Crippen molar-refractivity contribution in [3.05, 3.63) is 72.9 Å². The Kier molecular flexibility index (Phi) is 9.29. The molecule has 10 heteroatoms. The highest BCUT2D eigenvalue weighted by molar-refractivity contribution is 6.32. The molecule has 0 fully saturated rings. The van der Waals surface area contributed by atoms with Gasteiger partial charge in [0.25, 0.3) is 5.56 Å². The van der Waals surface area contributed by atoms with E-state index < -0.39 is 17.2 Å². The molecule has 0 bridgehead atoms. The Bertz CT molecular complexity index is 1440. The minimum atomic E-state index is -0.702. The molecule has 0 radical (unpaired) electrons. The van der Waals surface area contributed by atoms with Crippen LogP contribution in [0.4, 0.5) is 0 Å². The van der Waals surface area contributed by atoms with Crippen LogP contribution in [0.5, 0.6) is 0 Å². The van der Waals surface area contributed by atoms with E-state index in [9.17, 15) is 19.2 Å². The number of hydrogen-bond acceptors (Lipinski definition) is 6. The number of halogens is 1. The first kappa shape index (κ1) is 28.1. The molecule has 37 heavy (non-hydrogen) atoms. The average Bonchev–Trinajstić information content (AvgIpc) is 2.85. The van der Waals surface area contributed by atoms with Crippen LogP contribution in [0.1, 0.15) is 42.3 Å². The number of hydrogen-bond donors (Lipinski definition) is 1. The van der Waals surface area contributed by atoms with Crippen molar-refractivity contribution >= 4 is 34.4 Å². The van der Waals surface area contributed by atoms with Gasteiger partial charge in [-0.05, 0) is 63.2 Å². The number of aromatic nitrogens is 2. The highest BCUT2D eigenvalue weighted by atomic mass is 35.5. The lowest BCUT2D eigenvalue weighted by Crippen LogP contribution is -2.43.